The van der Waals surface area contributed by atoms with E-state index in [0.717, 1.165) is 5.75 Å². The summed E-state index contributed by atoms with van der Waals surface area (Å²) in [4.78, 5) is 22.9. The van der Waals surface area contributed by atoms with Crippen LogP contribution in [0.25, 0.3) is 0 Å². The van der Waals surface area contributed by atoms with Crippen LogP contribution in [0.15, 0.2) is 30.3 Å². The molecule has 1 heterocycles. The van der Waals surface area contributed by atoms with Gasteiger partial charge in [0.15, 0.2) is 0 Å². The van der Waals surface area contributed by atoms with E-state index in [9.17, 15) is 9.59 Å². The van der Waals surface area contributed by atoms with Crippen molar-refractivity contribution in [3.63, 3.8) is 0 Å². The van der Waals surface area contributed by atoms with Crippen molar-refractivity contribution in [2.75, 3.05) is 19.8 Å². The van der Waals surface area contributed by atoms with E-state index in [1.165, 1.54) is 0 Å². The van der Waals surface area contributed by atoms with Gasteiger partial charge in [0, 0.05) is 13.0 Å². The predicted octanol–water partition coefficient (Wildman–Crippen LogP) is 1.60. The summed E-state index contributed by atoms with van der Waals surface area (Å²) >= 11 is 0. The van der Waals surface area contributed by atoms with Gasteiger partial charge in [-0.3, -0.25) is 9.59 Å². The van der Waals surface area contributed by atoms with E-state index in [-0.39, 0.29) is 18.9 Å². The number of ether oxygens (including phenoxy) is 2. The minimum Gasteiger partial charge on any atom is -0.494 e. The molecule has 6 heteroatoms. The van der Waals surface area contributed by atoms with Crippen LogP contribution >= 0.6 is 0 Å². The van der Waals surface area contributed by atoms with Crippen LogP contribution in [0.4, 0.5) is 0 Å². The van der Waals surface area contributed by atoms with Gasteiger partial charge in [-0.25, -0.2) is 0 Å². The smallest absolute Gasteiger partial charge is 0.305 e. The Bertz CT molecular complexity index is 497. The summed E-state index contributed by atoms with van der Waals surface area (Å²) in [5.74, 6) is -0.323. The van der Waals surface area contributed by atoms with Crippen molar-refractivity contribution in [1.82, 2.24) is 5.32 Å². The largest absolute Gasteiger partial charge is 0.494 e. The summed E-state index contributed by atoms with van der Waals surface area (Å²) in [7, 11) is 0. The van der Waals surface area contributed by atoms with E-state index in [1.54, 1.807) is 0 Å². The van der Waals surface area contributed by atoms with Gasteiger partial charge in [-0.15, -0.1) is 0 Å². The van der Waals surface area contributed by atoms with Crippen molar-refractivity contribution in [3.05, 3.63) is 30.3 Å². The molecule has 1 aliphatic heterocycles. The first kappa shape index (κ1) is 16.3. The summed E-state index contributed by atoms with van der Waals surface area (Å²) in [5, 5.41) is 11.8. The van der Waals surface area contributed by atoms with Gasteiger partial charge >= 0.3 is 5.97 Å². The third kappa shape index (κ3) is 5.04. The molecule has 1 aromatic rings. The van der Waals surface area contributed by atoms with Crippen LogP contribution in [-0.2, 0) is 14.3 Å². The number of carbonyl (C=O) groups is 2. The zero-order valence-electron chi connectivity index (χ0n) is 12.4. The molecular weight excluding hydrogens is 286 g/mol. The number of carboxylic acids is 1. The second-order valence-corrected chi connectivity index (χ2v) is 5.47. The third-order valence-electron chi connectivity index (χ3n) is 3.56. The molecule has 0 aliphatic carbocycles. The molecule has 6 nitrogen and oxygen atoms in total. The van der Waals surface area contributed by atoms with Crippen molar-refractivity contribution in [2.45, 2.75) is 31.2 Å². The first-order chi connectivity index (χ1) is 10.6. The minimum atomic E-state index is -0.932. The maximum atomic E-state index is 12.0. The first-order valence-corrected chi connectivity index (χ1v) is 7.38. The number of amides is 1. The van der Waals surface area contributed by atoms with Gasteiger partial charge in [-0.2, -0.15) is 0 Å². The molecule has 2 N–H and O–H groups in total. The Labute approximate surface area is 129 Å². The van der Waals surface area contributed by atoms with Gasteiger partial charge < -0.3 is 19.9 Å². The van der Waals surface area contributed by atoms with Crippen LogP contribution in [0.2, 0.25) is 0 Å². The summed E-state index contributed by atoms with van der Waals surface area (Å²) < 4.78 is 10.8. The number of carboxylic acid groups (broad SMARTS) is 1. The van der Waals surface area contributed by atoms with E-state index in [1.807, 2.05) is 30.3 Å². The van der Waals surface area contributed by atoms with Gasteiger partial charge in [-0.1, -0.05) is 18.2 Å². The Balaban J connectivity index is 1.71. The molecule has 0 bridgehead atoms. The summed E-state index contributed by atoms with van der Waals surface area (Å²) in [6.45, 7) is 1.18. The molecule has 1 atom stereocenters. The number of benzene rings is 1. The Kier molecular flexibility index (Phi) is 5.77. The maximum Gasteiger partial charge on any atom is 0.305 e. The summed E-state index contributed by atoms with van der Waals surface area (Å²) in [6.07, 6.45) is 1.30. The van der Waals surface area contributed by atoms with Gasteiger partial charge in [0.25, 0.3) is 0 Å². The average molecular weight is 307 g/mol. The van der Waals surface area contributed by atoms with Crippen molar-refractivity contribution in [3.8, 4) is 5.75 Å². The molecule has 0 aromatic heterocycles. The highest BCUT2D eigenvalue weighted by atomic mass is 16.5. The van der Waals surface area contributed by atoms with Crippen LogP contribution in [0, 0.1) is 0 Å². The molecule has 1 unspecified atom stereocenters. The van der Waals surface area contributed by atoms with E-state index >= 15 is 0 Å². The first-order valence-electron chi connectivity index (χ1n) is 7.38. The van der Waals surface area contributed by atoms with Gasteiger partial charge in [-0.05, 0) is 25.0 Å². The number of nitrogens with one attached hydrogen (secondary N) is 1. The molecular formula is C16H21NO5. The number of hydrogen-bond acceptors (Lipinski definition) is 4. The van der Waals surface area contributed by atoms with Crippen molar-refractivity contribution in [2.24, 2.45) is 0 Å². The topological polar surface area (TPSA) is 84.9 Å². The second-order valence-electron chi connectivity index (χ2n) is 5.47. The molecule has 0 radical (unpaired) electrons. The standard InChI is InChI=1S/C16H21NO5/c18-14(7-4-9-22-13-5-2-1-3-6-13)17-16(11-15(19)20)8-10-21-12-16/h1-3,5-6H,4,7-12H2,(H,17,18)(H,19,20). The van der Waals surface area contributed by atoms with E-state index in [2.05, 4.69) is 5.32 Å². The maximum absolute atomic E-state index is 12.0. The van der Waals surface area contributed by atoms with Crippen LogP contribution in [0.3, 0.4) is 0 Å². The Morgan fingerprint density at radius 2 is 2.09 bits per heavy atom. The zero-order chi connectivity index (χ0) is 15.8. The highest BCUT2D eigenvalue weighted by Gasteiger charge is 2.38. The molecule has 1 aromatic carbocycles. The number of aliphatic carboxylic acids is 1. The Hall–Kier alpha value is -2.08. The fourth-order valence-corrected chi connectivity index (χ4v) is 2.48. The second kappa shape index (κ2) is 7.79. The molecule has 1 amide bonds. The molecule has 1 aliphatic rings. The molecule has 2 rings (SSSR count). The third-order valence-corrected chi connectivity index (χ3v) is 3.56. The fourth-order valence-electron chi connectivity index (χ4n) is 2.48. The highest BCUT2D eigenvalue weighted by molar-refractivity contribution is 5.78. The van der Waals surface area contributed by atoms with Gasteiger partial charge in [0.2, 0.25) is 5.91 Å². The van der Waals surface area contributed by atoms with Gasteiger partial charge in [0.1, 0.15) is 5.75 Å². The van der Waals surface area contributed by atoms with Gasteiger partial charge in [0.05, 0.1) is 25.2 Å². The predicted molar refractivity (Wildman–Crippen MR) is 79.7 cm³/mol. The highest BCUT2D eigenvalue weighted by Crippen LogP contribution is 2.23. The van der Waals surface area contributed by atoms with E-state index < -0.39 is 11.5 Å². The normalized spacial score (nSPS) is 20.5. The number of hydrogen-bond donors (Lipinski definition) is 2. The minimum absolute atomic E-state index is 0.112. The van der Waals surface area contributed by atoms with Crippen LogP contribution in [-0.4, -0.2) is 42.3 Å². The monoisotopic (exact) mass is 307 g/mol. The summed E-state index contributed by atoms with van der Waals surface area (Å²) in [5.41, 5.74) is -0.761. The lowest BCUT2D eigenvalue weighted by Crippen LogP contribution is -2.50. The fraction of sp³-hybridized carbons (Fsp3) is 0.500. The Morgan fingerprint density at radius 3 is 2.73 bits per heavy atom. The van der Waals surface area contributed by atoms with Crippen LogP contribution in [0.5, 0.6) is 5.75 Å². The number of para-hydroxylation sites is 1. The molecule has 22 heavy (non-hydrogen) atoms. The van der Waals surface area contributed by atoms with Crippen LogP contribution < -0.4 is 10.1 Å². The number of rotatable bonds is 8. The molecule has 1 fully saturated rings. The zero-order valence-corrected chi connectivity index (χ0v) is 12.4. The van der Waals surface area contributed by atoms with E-state index in [0.29, 0.717) is 32.5 Å². The molecule has 120 valence electrons. The molecule has 0 saturated carbocycles. The van der Waals surface area contributed by atoms with Crippen molar-refractivity contribution < 1.29 is 24.2 Å². The van der Waals surface area contributed by atoms with E-state index in [4.69, 9.17) is 14.6 Å². The quantitative estimate of drug-likeness (QED) is 0.713. The summed E-state index contributed by atoms with van der Waals surface area (Å²) in [6, 6.07) is 9.40. The van der Waals surface area contributed by atoms with Crippen molar-refractivity contribution in [1.29, 1.82) is 0 Å². The molecule has 1 saturated heterocycles. The lowest BCUT2D eigenvalue weighted by atomic mass is 9.94. The Morgan fingerprint density at radius 1 is 1.32 bits per heavy atom. The SMILES string of the molecule is O=C(O)CC1(NC(=O)CCCOc2ccccc2)CCOC1. The average Bonchev–Trinajstić information content (AvgIpc) is 2.92. The van der Waals surface area contributed by atoms with Crippen LogP contribution in [0.1, 0.15) is 25.7 Å². The lowest BCUT2D eigenvalue weighted by Gasteiger charge is -2.27. The molecule has 0 spiro atoms. The van der Waals surface area contributed by atoms with Crippen molar-refractivity contribution >= 4 is 11.9 Å². The number of carbonyl (C=O) groups excluding carboxylic acids is 1. The lowest BCUT2D eigenvalue weighted by molar-refractivity contribution is -0.139.